The summed E-state index contributed by atoms with van der Waals surface area (Å²) in [5, 5.41) is 11.4. The second-order valence-electron chi connectivity index (χ2n) is 9.84. The topological polar surface area (TPSA) is 106 Å². The lowest BCUT2D eigenvalue weighted by molar-refractivity contribution is -0.127. The van der Waals surface area contributed by atoms with E-state index in [0.717, 1.165) is 32.1 Å². The zero-order valence-electron chi connectivity index (χ0n) is 22.1. The van der Waals surface area contributed by atoms with E-state index in [-0.39, 0.29) is 18.3 Å². The van der Waals surface area contributed by atoms with Gasteiger partial charge in [0, 0.05) is 11.7 Å². The lowest BCUT2D eigenvalue weighted by Crippen LogP contribution is -2.48. The number of fused-ring (bicyclic) bond motifs is 1. The van der Waals surface area contributed by atoms with Gasteiger partial charge < -0.3 is 10.1 Å². The minimum atomic E-state index is -1.14. The number of ether oxygens (including phenoxy) is 1. The Morgan fingerprint density at radius 1 is 1.02 bits per heavy atom. The SMILES string of the molecule is COC(=O)c1ccc([C@@H](C(=O)NC2CCCCC2)N(C(=O)Cn2nnc3ccccc32)c2cccc(F)c2)cc1. The number of hydrogen-bond acceptors (Lipinski definition) is 6. The Balaban J connectivity index is 1.57. The molecule has 40 heavy (non-hydrogen) atoms. The zero-order chi connectivity index (χ0) is 28.1. The molecule has 10 heteroatoms. The van der Waals surface area contributed by atoms with Crippen molar-refractivity contribution >= 4 is 34.5 Å². The number of esters is 1. The van der Waals surface area contributed by atoms with Crippen LogP contribution in [0.4, 0.5) is 10.1 Å². The molecule has 0 bridgehead atoms. The predicted molar refractivity (Wildman–Crippen MR) is 147 cm³/mol. The van der Waals surface area contributed by atoms with Crippen LogP contribution in [0.25, 0.3) is 11.0 Å². The molecular formula is C30H30FN5O4. The molecule has 4 aromatic rings. The number of amides is 2. The minimum absolute atomic E-state index is 0.0261. The van der Waals surface area contributed by atoms with Gasteiger partial charge in [-0.1, -0.05) is 54.8 Å². The zero-order valence-corrected chi connectivity index (χ0v) is 22.1. The molecule has 1 heterocycles. The van der Waals surface area contributed by atoms with Crippen molar-refractivity contribution < 1.29 is 23.5 Å². The van der Waals surface area contributed by atoms with Gasteiger partial charge >= 0.3 is 5.97 Å². The molecule has 1 aliphatic carbocycles. The number of nitrogens with one attached hydrogen (secondary N) is 1. The average molecular weight is 544 g/mol. The summed E-state index contributed by atoms with van der Waals surface area (Å²) < 4.78 is 20.7. The van der Waals surface area contributed by atoms with E-state index in [1.165, 1.54) is 34.9 Å². The number of carbonyl (C=O) groups excluding carboxylic acids is 3. The van der Waals surface area contributed by atoms with Crippen molar-refractivity contribution in [3.8, 4) is 0 Å². The fourth-order valence-electron chi connectivity index (χ4n) is 5.17. The highest BCUT2D eigenvalue weighted by molar-refractivity contribution is 6.01. The third kappa shape index (κ3) is 5.85. The van der Waals surface area contributed by atoms with Crippen LogP contribution in [0.2, 0.25) is 0 Å². The van der Waals surface area contributed by atoms with Crippen LogP contribution >= 0.6 is 0 Å². The number of methoxy groups -OCH3 is 1. The molecule has 1 aromatic heterocycles. The van der Waals surface area contributed by atoms with Crippen molar-refractivity contribution in [2.24, 2.45) is 0 Å². The molecule has 5 rings (SSSR count). The first-order chi connectivity index (χ1) is 19.4. The van der Waals surface area contributed by atoms with E-state index in [4.69, 9.17) is 4.74 Å². The van der Waals surface area contributed by atoms with Crippen LogP contribution in [0.3, 0.4) is 0 Å². The van der Waals surface area contributed by atoms with E-state index in [1.54, 1.807) is 42.5 Å². The standard InChI is InChI=1S/C30H30FN5O4/c1-40-30(39)21-16-14-20(15-17-21)28(29(38)32-23-9-3-2-4-10-23)36(24-11-7-8-22(31)18-24)27(37)19-35-26-13-6-5-12-25(26)33-34-35/h5-8,11-18,23,28H,2-4,9-10,19H2,1H3,(H,32,38)/t28-/m0/s1. The third-order valence-electron chi connectivity index (χ3n) is 7.17. The van der Waals surface area contributed by atoms with Crippen molar-refractivity contribution in [3.63, 3.8) is 0 Å². The molecule has 9 nitrogen and oxygen atoms in total. The summed E-state index contributed by atoms with van der Waals surface area (Å²) in [4.78, 5) is 41.4. The van der Waals surface area contributed by atoms with Gasteiger partial charge in [0.1, 0.15) is 23.9 Å². The quantitative estimate of drug-likeness (QED) is 0.326. The molecule has 0 radical (unpaired) electrons. The van der Waals surface area contributed by atoms with Gasteiger partial charge in [-0.15, -0.1) is 5.10 Å². The minimum Gasteiger partial charge on any atom is -0.465 e. The molecule has 0 unspecified atom stereocenters. The maximum atomic E-state index is 14.5. The Morgan fingerprint density at radius 3 is 2.50 bits per heavy atom. The number of rotatable bonds is 8. The van der Waals surface area contributed by atoms with Crippen LogP contribution in [-0.4, -0.2) is 45.9 Å². The molecule has 1 aliphatic rings. The van der Waals surface area contributed by atoms with Gasteiger partial charge in [0.15, 0.2) is 0 Å². The first kappa shape index (κ1) is 27.0. The number of nitrogens with zero attached hydrogens (tertiary/aromatic N) is 4. The van der Waals surface area contributed by atoms with Crippen molar-refractivity contribution in [2.45, 2.75) is 50.7 Å². The van der Waals surface area contributed by atoms with E-state index >= 15 is 0 Å². The van der Waals surface area contributed by atoms with Gasteiger partial charge in [0.05, 0.1) is 18.2 Å². The van der Waals surface area contributed by atoms with Crippen LogP contribution in [0.1, 0.15) is 54.1 Å². The molecule has 3 aromatic carbocycles. The van der Waals surface area contributed by atoms with Crippen LogP contribution in [0, 0.1) is 5.82 Å². The summed E-state index contributed by atoms with van der Waals surface area (Å²) in [5.41, 5.74) is 2.26. The summed E-state index contributed by atoms with van der Waals surface area (Å²) in [6, 6.07) is 18.0. The van der Waals surface area contributed by atoms with Gasteiger partial charge in [-0.2, -0.15) is 0 Å². The van der Waals surface area contributed by atoms with Crippen molar-refractivity contribution in [3.05, 3.63) is 89.7 Å². The smallest absolute Gasteiger partial charge is 0.337 e. The Morgan fingerprint density at radius 2 is 1.77 bits per heavy atom. The lowest BCUT2D eigenvalue weighted by atomic mass is 9.94. The Hall–Kier alpha value is -4.60. The molecule has 0 spiro atoms. The summed E-state index contributed by atoms with van der Waals surface area (Å²) >= 11 is 0. The second kappa shape index (κ2) is 12.1. The van der Waals surface area contributed by atoms with Crippen LogP contribution in [0.5, 0.6) is 0 Å². The molecule has 0 saturated heterocycles. The van der Waals surface area contributed by atoms with E-state index in [9.17, 15) is 18.8 Å². The maximum absolute atomic E-state index is 14.5. The second-order valence-corrected chi connectivity index (χ2v) is 9.84. The number of halogens is 1. The highest BCUT2D eigenvalue weighted by atomic mass is 19.1. The molecule has 1 saturated carbocycles. The highest BCUT2D eigenvalue weighted by Crippen LogP contribution is 2.30. The summed E-state index contributed by atoms with van der Waals surface area (Å²) in [5.74, 6) is -1.94. The highest BCUT2D eigenvalue weighted by Gasteiger charge is 2.35. The van der Waals surface area contributed by atoms with Crippen molar-refractivity contribution in [1.82, 2.24) is 20.3 Å². The fraction of sp³-hybridized carbons (Fsp3) is 0.300. The predicted octanol–water partition coefficient (Wildman–Crippen LogP) is 4.58. The number of hydrogen-bond donors (Lipinski definition) is 1. The van der Waals surface area contributed by atoms with Gasteiger partial charge in [0.2, 0.25) is 11.8 Å². The number of benzene rings is 3. The van der Waals surface area contributed by atoms with Crippen LogP contribution in [0.15, 0.2) is 72.8 Å². The van der Waals surface area contributed by atoms with Crippen LogP contribution in [-0.2, 0) is 20.9 Å². The average Bonchev–Trinajstić information content (AvgIpc) is 3.38. The maximum Gasteiger partial charge on any atom is 0.337 e. The lowest BCUT2D eigenvalue weighted by Gasteiger charge is -2.33. The third-order valence-corrected chi connectivity index (χ3v) is 7.17. The van der Waals surface area contributed by atoms with Gasteiger partial charge in [-0.25, -0.2) is 13.9 Å². The van der Waals surface area contributed by atoms with Crippen LogP contribution < -0.4 is 10.2 Å². The number of anilines is 1. The van der Waals surface area contributed by atoms with E-state index in [2.05, 4.69) is 15.6 Å². The molecule has 1 atom stereocenters. The van der Waals surface area contributed by atoms with Gasteiger partial charge in [-0.05, 0) is 60.9 Å². The normalized spacial score (nSPS) is 14.4. The molecule has 0 aliphatic heterocycles. The van der Waals surface area contributed by atoms with Gasteiger partial charge in [0.25, 0.3) is 0 Å². The van der Waals surface area contributed by atoms with E-state index < -0.39 is 29.6 Å². The van der Waals surface area contributed by atoms with E-state index in [1.807, 2.05) is 12.1 Å². The number of carbonyl (C=O) groups is 3. The molecule has 1 N–H and O–H groups in total. The number of para-hydroxylation sites is 1. The Bertz CT molecular complexity index is 1510. The molecule has 1 fully saturated rings. The van der Waals surface area contributed by atoms with Crippen molar-refractivity contribution in [2.75, 3.05) is 12.0 Å². The molecule has 206 valence electrons. The Labute approximate surface area is 230 Å². The van der Waals surface area contributed by atoms with Crippen molar-refractivity contribution in [1.29, 1.82) is 0 Å². The first-order valence-electron chi connectivity index (χ1n) is 13.3. The summed E-state index contributed by atoms with van der Waals surface area (Å²) in [6.07, 6.45) is 4.83. The summed E-state index contributed by atoms with van der Waals surface area (Å²) in [7, 11) is 1.29. The Kier molecular flexibility index (Phi) is 8.14. The first-order valence-corrected chi connectivity index (χ1v) is 13.3. The molecular weight excluding hydrogens is 513 g/mol. The monoisotopic (exact) mass is 543 g/mol. The number of aromatic nitrogens is 3. The summed E-state index contributed by atoms with van der Waals surface area (Å²) in [6.45, 7) is -0.232. The van der Waals surface area contributed by atoms with Gasteiger partial charge in [-0.3, -0.25) is 14.5 Å². The fourth-order valence-corrected chi connectivity index (χ4v) is 5.17. The molecule has 2 amide bonds. The largest absolute Gasteiger partial charge is 0.465 e. The van der Waals surface area contributed by atoms with E-state index in [0.29, 0.717) is 22.2 Å².